The molecule has 33 heavy (non-hydrogen) atoms. The number of aromatic nitrogens is 4. The summed E-state index contributed by atoms with van der Waals surface area (Å²) in [5.41, 5.74) is 8.88. The topological polar surface area (TPSA) is 94.7 Å². The second kappa shape index (κ2) is 7.17. The lowest BCUT2D eigenvalue weighted by atomic mass is 9.90. The van der Waals surface area contributed by atoms with Gasteiger partial charge in [0.25, 0.3) is 0 Å². The number of nitrogens with zero attached hydrogens (tertiary/aromatic N) is 2. The Morgan fingerprint density at radius 3 is 2.67 bits per heavy atom. The fraction of sp³-hybridized carbons (Fsp3) is 0.148. The van der Waals surface area contributed by atoms with Gasteiger partial charge in [0.15, 0.2) is 11.4 Å². The SMILES string of the molecule is CC(C)c1c(-c2ccnc3[nH]ncc23)[nH]c2ccc(-c3ccc4c(c3)C(O)=CC(=O)C4)cc12. The molecule has 2 aromatic carbocycles. The summed E-state index contributed by atoms with van der Waals surface area (Å²) in [7, 11) is 0. The molecule has 162 valence electrons. The predicted molar refractivity (Wildman–Crippen MR) is 130 cm³/mol. The number of nitrogens with one attached hydrogen (secondary N) is 2. The van der Waals surface area contributed by atoms with E-state index in [9.17, 15) is 9.90 Å². The molecule has 0 saturated heterocycles. The van der Waals surface area contributed by atoms with Gasteiger partial charge in [0.05, 0.1) is 11.9 Å². The van der Waals surface area contributed by atoms with Crippen molar-refractivity contribution in [1.29, 1.82) is 0 Å². The van der Waals surface area contributed by atoms with Crippen LogP contribution in [-0.2, 0) is 11.2 Å². The van der Waals surface area contributed by atoms with Crippen molar-refractivity contribution in [3.8, 4) is 22.4 Å². The molecule has 0 aliphatic heterocycles. The lowest BCUT2D eigenvalue weighted by Gasteiger charge is -2.15. The molecule has 3 aromatic heterocycles. The molecule has 0 radical (unpaired) electrons. The highest BCUT2D eigenvalue weighted by Crippen LogP contribution is 2.39. The number of hydrogen-bond donors (Lipinski definition) is 3. The Kier molecular flexibility index (Phi) is 4.23. The summed E-state index contributed by atoms with van der Waals surface area (Å²) >= 11 is 0. The molecule has 0 bridgehead atoms. The van der Waals surface area contributed by atoms with Crippen LogP contribution >= 0.6 is 0 Å². The van der Waals surface area contributed by atoms with E-state index in [0.29, 0.717) is 12.3 Å². The zero-order valence-corrected chi connectivity index (χ0v) is 18.3. The van der Waals surface area contributed by atoms with Gasteiger partial charge in [-0.05, 0) is 52.4 Å². The maximum absolute atomic E-state index is 11.8. The molecule has 6 rings (SSSR count). The predicted octanol–water partition coefficient (Wildman–Crippen LogP) is 5.92. The number of aliphatic hydroxyl groups is 1. The second-order valence-corrected chi connectivity index (χ2v) is 8.86. The maximum Gasteiger partial charge on any atom is 0.163 e. The van der Waals surface area contributed by atoms with Crippen molar-refractivity contribution in [3.05, 3.63) is 77.6 Å². The van der Waals surface area contributed by atoms with Gasteiger partial charge in [-0.1, -0.05) is 32.0 Å². The van der Waals surface area contributed by atoms with Crippen molar-refractivity contribution in [2.75, 3.05) is 0 Å². The van der Waals surface area contributed by atoms with Crippen molar-refractivity contribution in [3.63, 3.8) is 0 Å². The number of allylic oxidation sites excluding steroid dienone is 1. The summed E-state index contributed by atoms with van der Waals surface area (Å²) < 4.78 is 0. The molecular weight excluding hydrogens is 412 g/mol. The number of benzene rings is 2. The van der Waals surface area contributed by atoms with Crippen molar-refractivity contribution in [2.24, 2.45) is 0 Å². The van der Waals surface area contributed by atoms with Gasteiger partial charge in [-0.25, -0.2) is 4.98 Å². The molecule has 1 aliphatic carbocycles. The molecular formula is C27H22N4O2. The van der Waals surface area contributed by atoms with Crippen LogP contribution in [0.1, 0.15) is 36.5 Å². The van der Waals surface area contributed by atoms with Gasteiger partial charge < -0.3 is 10.1 Å². The molecule has 6 heteroatoms. The largest absolute Gasteiger partial charge is 0.507 e. The van der Waals surface area contributed by atoms with Gasteiger partial charge in [0.2, 0.25) is 0 Å². The van der Waals surface area contributed by atoms with Gasteiger partial charge in [0.1, 0.15) is 5.76 Å². The molecule has 5 aromatic rings. The Morgan fingerprint density at radius 2 is 1.82 bits per heavy atom. The highest BCUT2D eigenvalue weighted by molar-refractivity contribution is 6.02. The third-order valence-corrected chi connectivity index (χ3v) is 6.42. The Balaban J connectivity index is 1.53. The van der Waals surface area contributed by atoms with E-state index in [-0.39, 0.29) is 11.5 Å². The minimum atomic E-state index is -0.0709. The quantitative estimate of drug-likeness (QED) is 0.328. The van der Waals surface area contributed by atoms with Crippen LogP contribution in [0.25, 0.3) is 50.1 Å². The molecule has 3 heterocycles. The number of hydrogen-bond acceptors (Lipinski definition) is 4. The number of carbonyl (C=O) groups is 1. The highest BCUT2D eigenvalue weighted by atomic mass is 16.3. The molecule has 0 saturated carbocycles. The normalized spacial score (nSPS) is 13.7. The van der Waals surface area contributed by atoms with Gasteiger partial charge in [-0.2, -0.15) is 5.10 Å². The lowest BCUT2D eigenvalue weighted by molar-refractivity contribution is -0.114. The van der Waals surface area contributed by atoms with Crippen molar-refractivity contribution >= 4 is 33.5 Å². The number of aliphatic hydroxyl groups excluding tert-OH is 1. The molecule has 3 N–H and O–H groups in total. The number of carbonyl (C=O) groups excluding carboxylic acids is 1. The highest BCUT2D eigenvalue weighted by Gasteiger charge is 2.20. The standard InChI is InChI=1S/C27H22N4O2/c1-14(2)25-21-11-16(15-3-4-17-9-18(32)12-24(33)20(17)10-15)5-6-23(21)30-26(25)19-7-8-28-27-22(19)13-29-31-27/h3-8,10-14,30,33H,9H2,1-2H3,(H,28,29,31). The average Bonchev–Trinajstić information content (AvgIpc) is 3.42. The average molecular weight is 434 g/mol. The van der Waals surface area contributed by atoms with E-state index in [0.717, 1.165) is 50.1 Å². The first-order valence-electron chi connectivity index (χ1n) is 11.0. The molecule has 0 amide bonds. The molecule has 0 unspecified atom stereocenters. The Morgan fingerprint density at radius 1 is 1.00 bits per heavy atom. The molecule has 0 atom stereocenters. The summed E-state index contributed by atoms with van der Waals surface area (Å²) in [4.78, 5) is 19.8. The fourth-order valence-corrected chi connectivity index (χ4v) is 4.89. The van der Waals surface area contributed by atoms with Crippen LogP contribution in [0.3, 0.4) is 0 Å². The summed E-state index contributed by atoms with van der Waals surface area (Å²) in [6.45, 7) is 4.40. The zero-order valence-electron chi connectivity index (χ0n) is 18.3. The summed E-state index contributed by atoms with van der Waals surface area (Å²) in [5.74, 6) is 0.261. The van der Waals surface area contributed by atoms with Crippen molar-refractivity contribution in [1.82, 2.24) is 20.2 Å². The molecule has 1 aliphatic rings. The molecule has 0 fully saturated rings. The van der Waals surface area contributed by atoms with E-state index >= 15 is 0 Å². The van der Waals surface area contributed by atoms with Crippen LogP contribution in [0.15, 0.2) is 60.9 Å². The molecule has 0 spiro atoms. The fourth-order valence-electron chi connectivity index (χ4n) is 4.89. The number of H-pyrrole nitrogens is 2. The number of ketones is 1. The number of fused-ring (bicyclic) bond motifs is 3. The second-order valence-electron chi connectivity index (χ2n) is 8.86. The van der Waals surface area contributed by atoms with Crippen molar-refractivity contribution in [2.45, 2.75) is 26.2 Å². The first-order chi connectivity index (χ1) is 16.0. The lowest BCUT2D eigenvalue weighted by Crippen LogP contribution is -2.09. The monoisotopic (exact) mass is 434 g/mol. The van der Waals surface area contributed by atoms with E-state index in [2.05, 4.69) is 52.2 Å². The number of pyridine rings is 1. The Labute approximate surface area is 190 Å². The van der Waals surface area contributed by atoms with E-state index < -0.39 is 0 Å². The van der Waals surface area contributed by atoms with Gasteiger partial charge in [0, 0.05) is 46.1 Å². The van der Waals surface area contributed by atoms with Crippen LogP contribution in [-0.4, -0.2) is 31.1 Å². The first-order valence-corrected chi connectivity index (χ1v) is 11.0. The van der Waals surface area contributed by atoms with E-state index in [1.54, 1.807) is 6.20 Å². The van der Waals surface area contributed by atoms with Crippen LogP contribution in [0, 0.1) is 0 Å². The summed E-state index contributed by atoms with van der Waals surface area (Å²) in [6.07, 6.45) is 5.26. The van der Waals surface area contributed by atoms with Crippen LogP contribution in [0.4, 0.5) is 0 Å². The minimum Gasteiger partial charge on any atom is -0.507 e. The third-order valence-electron chi connectivity index (χ3n) is 6.42. The first kappa shape index (κ1) is 19.5. The van der Waals surface area contributed by atoms with Crippen LogP contribution < -0.4 is 0 Å². The van der Waals surface area contributed by atoms with Gasteiger partial charge >= 0.3 is 0 Å². The number of rotatable bonds is 3. The minimum absolute atomic E-state index is 0.0396. The molecule has 6 nitrogen and oxygen atoms in total. The summed E-state index contributed by atoms with van der Waals surface area (Å²) in [6, 6.07) is 14.3. The Bertz CT molecular complexity index is 1600. The number of aromatic amines is 2. The smallest absolute Gasteiger partial charge is 0.163 e. The maximum atomic E-state index is 11.8. The third kappa shape index (κ3) is 3.06. The van der Waals surface area contributed by atoms with Crippen LogP contribution in [0.5, 0.6) is 0 Å². The van der Waals surface area contributed by atoms with E-state index in [1.807, 2.05) is 30.5 Å². The van der Waals surface area contributed by atoms with Gasteiger partial charge in [-0.3, -0.25) is 9.89 Å². The van der Waals surface area contributed by atoms with Gasteiger partial charge in [-0.15, -0.1) is 0 Å². The van der Waals surface area contributed by atoms with E-state index in [1.165, 1.54) is 17.0 Å². The Hall–Kier alpha value is -4.19. The van der Waals surface area contributed by atoms with Crippen LogP contribution in [0.2, 0.25) is 0 Å². The summed E-state index contributed by atoms with van der Waals surface area (Å²) in [5, 5.41) is 19.6. The zero-order chi connectivity index (χ0) is 22.7. The van der Waals surface area contributed by atoms with Crippen molar-refractivity contribution < 1.29 is 9.90 Å². The van der Waals surface area contributed by atoms with E-state index in [4.69, 9.17) is 0 Å².